The van der Waals surface area contributed by atoms with E-state index in [9.17, 15) is 4.79 Å². The van der Waals surface area contributed by atoms with Crippen LogP contribution in [-0.2, 0) is 4.74 Å². The van der Waals surface area contributed by atoms with Crippen molar-refractivity contribution in [2.75, 3.05) is 25.6 Å². The number of rotatable bonds is 10. The molecule has 0 saturated heterocycles. The number of benzene rings is 2. The highest BCUT2D eigenvalue weighted by molar-refractivity contribution is 5.93. The molecular formula is C27H32N4O4. The minimum Gasteiger partial charge on any atom is -0.493 e. The van der Waals surface area contributed by atoms with Crippen molar-refractivity contribution in [1.29, 1.82) is 0 Å². The van der Waals surface area contributed by atoms with Crippen LogP contribution in [0.25, 0.3) is 10.9 Å². The van der Waals surface area contributed by atoms with Crippen LogP contribution in [0.15, 0.2) is 42.7 Å². The van der Waals surface area contributed by atoms with Crippen molar-refractivity contribution in [3.63, 3.8) is 0 Å². The lowest BCUT2D eigenvalue weighted by atomic mass is 10.2. The Morgan fingerprint density at radius 3 is 2.66 bits per heavy atom. The van der Waals surface area contributed by atoms with Gasteiger partial charge in [-0.05, 0) is 64.3 Å². The first-order valence-corrected chi connectivity index (χ1v) is 11.5. The predicted octanol–water partition coefficient (Wildman–Crippen LogP) is 5.44. The van der Waals surface area contributed by atoms with Crippen molar-refractivity contribution < 1.29 is 19.0 Å². The van der Waals surface area contributed by atoms with Gasteiger partial charge in [0.05, 0.1) is 19.2 Å². The van der Waals surface area contributed by atoms with E-state index in [1.54, 1.807) is 7.11 Å². The zero-order valence-corrected chi connectivity index (χ0v) is 20.7. The lowest BCUT2D eigenvalue weighted by Gasteiger charge is -2.19. The third-order valence-electron chi connectivity index (χ3n) is 4.96. The van der Waals surface area contributed by atoms with Crippen molar-refractivity contribution >= 4 is 28.5 Å². The van der Waals surface area contributed by atoms with E-state index in [0.29, 0.717) is 30.5 Å². The molecule has 1 aromatic heterocycles. The van der Waals surface area contributed by atoms with Gasteiger partial charge in [0.15, 0.2) is 11.5 Å². The molecule has 0 spiro atoms. The molecule has 0 aliphatic rings. The average molecular weight is 477 g/mol. The molecule has 35 heavy (non-hydrogen) atoms. The van der Waals surface area contributed by atoms with Crippen molar-refractivity contribution in [2.24, 2.45) is 0 Å². The molecule has 1 amide bonds. The molecule has 3 aromatic rings. The summed E-state index contributed by atoms with van der Waals surface area (Å²) in [6, 6.07) is 11.3. The Labute approximate surface area is 206 Å². The van der Waals surface area contributed by atoms with E-state index in [0.717, 1.165) is 41.4 Å². The van der Waals surface area contributed by atoms with Crippen LogP contribution in [0.4, 0.5) is 16.3 Å². The molecule has 1 heterocycles. The van der Waals surface area contributed by atoms with Crippen LogP contribution in [-0.4, -0.2) is 41.9 Å². The molecule has 2 N–H and O–H groups in total. The first kappa shape index (κ1) is 25.6. The molecule has 8 nitrogen and oxygen atoms in total. The Morgan fingerprint density at radius 1 is 1.09 bits per heavy atom. The van der Waals surface area contributed by atoms with Crippen LogP contribution in [0.1, 0.15) is 45.6 Å². The van der Waals surface area contributed by atoms with E-state index in [1.165, 1.54) is 6.33 Å². The number of alkyl carbamates (subject to hydrolysis) is 1. The molecule has 2 aromatic carbocycles. The molecule has 0 atom stereocenters. The van der Waals surface area contributed by atoms with Gasteiger partial charge in [0.1, 0.15) is 17.7 Å². The number of hydrogen-bond donors (Lipinski definition) is 2. The minimum absolute atomic E-state index is 0.396. The van der Waals surface area contributed by atoms with Gasteiger partial charge >= 0.3 is 6.09 Å². The first-order chi connectivity index (χ1) is 16.8. The minimum atomic E-state index is -0.497. The van der Waals surface area contributed by atoms with Crippen molar-refractivity contribution in [3.05, 3.63) is 48.3 Å². The number of methoxy groups -OCH3 is 1. The quantitative estimate of drug-likeness (QED) is 0.297. The van der Waals surface area contributed by atoms with Gasteiger partial charge in [-0.15, -0.1) is 6.42 Å². The van der Waals surface area contributed by atoms with Crippen LogP contribution in [0.2, 0.25) is 0 Å². The van der Waals surface area contributed by atoms with Gasteiger partial charge in [0.25, 0.3) is 0 Å². The number of carbonyl (C=O) groups excluding carboxylic acids is 1. The fraction of sp³-hybridized carbons (Fsp3) is 0.370. The van der Waals surface area contributed by atoms with E-state index in [2.05, 4.69) is 26.5 Å². The zero-order valence-electron chi connectivity index (χ0n) is 20.7. The van der Waals surface area contributed by atoms with E-state index in [1.807, 2.05) is 57.2 Å². The third-order valence-corrected chi connectivity index (χ3v) is 4.96. The topological polar surface area (TPSA) is 94.6 Å². The molecule has 0 radical (unpaired) electrons. The maximum Gasteiger partial charge on any atom is 0.407 e. The second kappa shape index (κ2) is 11.9. The molecule has 0 aliphatic heterocycles. The molecular weight excluding hydrogens is 444 g/mol. The van der Waals surface area contributed by atoms with Crippen LogP contribution < -0.4 is 20.1 Å². The standard InChI is InChI=1S/C27H32N4O4/c1-6-19-11-10-12-20(15-19)31-25-21-16-24(23(33-5)17-22(21)29-18-30-25)34-14-9-7-8-13-28-26(32)35-27(2,3)4/h1,10-12,15-18H,7-9,13-14H2,2-5H3,(H,28,32)(H,29,30,31). The summed E-state index contributed by atoms with van der Waals surface area (Å²) in [4.78, 5) is 20.5. The number of carbonyl (C=O) groups is 1. The summed E-state index contributed by atoms with van der Waals surface area (Å²) in [5, 5.41) is 6.88. The van der Waals surface area contributed by atoms with E-state index in [4.69, 9.17) is 20.6 Å². The highest BCUT2D eigenvalue weighted by Gasteiger charge is 2.15. The Hall–Kier alpha value is -3.99. The number of nitrogens with zero attached hydrogens (tertiary/aromatic N) is 2. The smallest absolute Gasteiger partial charge is 0.407 e. The van der Waals surface area contributed by atoms with Crippen molar-refractivity contribution in [2.45, 2.75) is 45.6 Å². The number of unbranched alkanes of at least 4 members (excludes halogenated alkanes) is 2. The lowest BCUT2D eigenvalue weighted by molar-refractivity contribution is 0.0527. The SMILES string of the molecule is C#Cc1cccc(Nc2ncnc3cc(OC)c(OCCCCCNC(=O)OC(C)(C)C)cc23)c1. The van der Waals surface area contributed by atoms with Crippen LogP contribution in [0, 0.1) is 12.3 Å². The van der Waals surface area contributed by atoms with E-state index < -0.39 is 11.7 Å². The van der Waals surface area contributed by atoms with E-state index >= 15 is 0 Å². The summed E-state index contributed by atoms with van der Waals surface area (Å²) < 4.78 is 16.8. The van der Waals surface area contributed by atoms with Gasteiger partial charge in [-0.2, -0.15) is 0 Å². The van der Waals surface area contributed by atoms with Gasteiger partial charge in [0.2, 0.25) is 0 Å². The number of terminal acetylenes is 1. The first-order valence-electron chi connectivity index (χ1n) is 11.5. The number of fused-ring (bicyclic) bond motifs is 1. The summed E-state index contributed by atoms with van der Waals surface area (Å²) in [5.74, 6) is 4.49. The molecule has 3 rings (SSSR count). The lowest BCUT2D eigenvalue weighted by Crippen LogP contribution is -2.33. The second-order valence-corrected chi connectivity index (χ2v) is 8.93. The number of ether oxygens (including phenoxy) is 3. The summed E-state index contributed by atoms with van der Waals surface area (Å²) in [5.41, 5.74) is 1.84. The average Bonchev–Trinajstić information content (AvgIpc) is 2.82. The molecule has 0 saturated carbocycles. The summed E-state index contributed by atoms with van der Waals surface area (Å²) in [6.07, 6.45) is 9.17. The van der Waals surface area contributed by atoms with Crippen LogP contribution in [0.3, 0.4) is 0 Å². The number of amides is 1. The summed E-state index contributed by atoms with van der Waals surface area (Å²) >= 11 is 0. The second-order valence-electron chi connectivity index (χ2n) is 8.93. The van der Waals surface area contributed by atoms with Crippen molar-refractivity contribution in [3.8, 4) is 23.8 Å². The molecule has 0 fully saturated rings. The normalized spacial score (nSPS) is 10.9. The maximum atomic E-state index is 11.7. The fourth-order valence-electron chi connectivity index (χ4n) is 3.35. The van der Waals surface area contributed by atoms with E-state index in [-0.39, 0.29) is 0 Å². The number of nitrogens with one attached hydrogen (secondary N) is 2. The van der Waals surface area contributed by atoms with Gasteiger partial charge < -0.3 is 24.8 Å². The van der Waals surface area contributed by atoms with Gasteiger partial charge in [-0.3, -0.25) is 0 Å². The van der Waals surface area contributed by atoms with Gasteiger partial charge in [-0.25, -0.2) is 14.8 Å². The number of anilines is 2. The number of aromatic nitrogens is 2. The Balaban J connectivity index is 1.59. The molecule has 184 valence electrons. The van der Waals surface area contributed by atoms with Crippen molar-refractivity contribution in [1.82, 2.24) is 15.3 Å². The van der Waals surface area contributed by atoms with Gasteiger partial charge in [0, 0.05) is 29.2 Å². The van der Waals surface area contributed by atoms with Crippen LogP contribution >= 0.6 is 0 Å². The largest absolute Gasteiger partial charge is 0.493 e. The Bertz CT molecular complexity index is 1200. The zero-order chi connectivity index (χ0) is 25.3. The molecule has 0 bridgehead atoms. The summed E-state index contributed by atoms with van der Waals surface area (Å²) in [7, 11) is 1.60. The highest BCUT2D eigenvalue weighted by atomic mass is 16.6. The third kappa shape index (κ3) is 7.78. The highest BCUT2D eigenvalue weighted by Crippen LogP contribution is 2.35. The molecule has 0 unspecified atom stereocenters. The Kier molecular flexibility index (Phi) is 8.74. The molecule has 8 heteroatoms. The number of hydrogen-bond acceptors (Lipinski definition) is 7. The van der Waals surface area contributed by atoms with Crippen LogP contribution in [0.5, 0.6) is 11.5 Å². The summed E-state index contributed by atoms with van der Waals surface area (Å²) in [6.45, 7) is 6.59. The Morgan fingerprint density at radius 2 is 1.91 bits per heavy atom. The predicted molar refractivity (Wildman–Crippen MR) is 137 cm³/mol. The molecule has 0 aliphatic carbocycles. The monoisotopic (exact) mass is 476 g/mol. The maximum absolute atomic E-state index is 11.7. The fourth-order valence-corrected chi connectivity index (χ4v) is 3.35. The van der Waals surface area contributed by atoms with Gasteiger partial charge in [-0.1, -0.05) is 12.0 Å².